The molecule has 0 radical (unpaired) electrons. The van der Waals surface area contributed by atoms with E-state index in [1.807, 2.05) is 19.9 Å². The average Bonchev–Trinajstić information content (AvgIpc) is 2.55. The highest BCUT2D eigenvalue weighted by Gasteiger charge is 2.38. The van der Waals surface area contributed by atoms with Gasteiger partial charge >= 0.3 is 0 Å². The number of thiol groups is 1. The van der Waals surface area contributed by atoms with Crippen LogP contribution in [0.2, 0.25) is 0 Å². The van der Waals surface area contributed by atoms with Crippen LogP contribution in [0.5, 0.6) is 0 Å². The van der Waals surface area contributed by atoms with Gasteiger partial charge in [-0.1, -0.05) is 13.8 Å². The van der Waals surface area contributed by atoms with Gasteiger partial charge in [0.25, 0.3) is 0 Å². The Morgan fingerprint density at radius 2 is 2.12 bits per heavy atom. The van der Waals surface area contributed by atoms with E-state index in [1.54, 1.807) is 0 Å². The summed E-state index contributed by atoms with van der Waals surface area (Å²) in [5.41, 5.74) is 0.892. The molecule has 3 heteroatoms. The van der Waals surface area contributed by atoms with E-state index in [9.17, 15) is 5.11 Å². The Bertz CT molecular complexity index is 399. The van der Waals surface area contributed by atoms with Gasteiger partial charge in [-0.3, -0.25) is 0 Å². The number of hydrogen-bond acceptors (Lipinski definition) is 3. The minimum absolute atomic E-state index is 0.0606. The fourth-order valence-electron chi connectivity index (χ4n) is 2.16. The molecule has 0 aliphatic heterocycles. The maximum atomic E-state index is 10.3. The van der Waals surface area contributed by atoms with E-state index in [1.165, 1.54) is 0 Å². The first-order valence-corrected chi connectivity index (χ1v) is 6.20. The van der Waals surface area contributed by atoms with Crippen LogP contribution in [0, 0.1) is 5.41 Å². The van der Waals surface area contributed by atoms with Crippen molar-refractivity contribution in [2.24, 2.45) is 5.41 Å². The van der Waals surface area contributed by atoms with E-state index < -0.39 is 6.10 Å². The van der Waals surface area contributed by atoms with Crippen molar-refractivity contribution in [3.05, 3.63) is 23.2 Å². The molecule has 2 nitrogen and oxygen atoms in total. The standard InChI is InChI=1S/C13H20O2S/c1-12(2)6-5-9-8(11(12)14)7-10(15-9)13(3,4)16/h7,11,14,16H,5-6H2,1-4H3. The Hall–Kier alpha value is -0.410. The minimum Gasteiger partial charge on any atom is -0.464 e. The normalized spacial score (nSPS) is 24.2. The van der Waals surface area contributed by atoms with Crippen LogP contribution in [0.15, 0.2) is 10.5 Å². The van der Waals surface area contributed by atoms with E-state index in [-0.39, 0.29) is 10.2 Å². The zero-order valence-corrected chi connectivity index (χ0v) is 11.3. The van der Waals surface area contributed by atoms with Crippen LogP contribution in [-0.2, 0) is 11.2 Å². The van der Waals surface area contributed by atoms with Gasteiger partial charge in [-0.2, -0.15) is 12.6 Å². The fraction of sp³-hybridized carbons (Fsp3) is 0.692. The predicted molar refractivity (Wildman–Crippen MR) is 67.8 cm³/mol. The summed E-state index contributed by atoms with van der Waals surface area (Å²) >= 11 is 4.50. The third kappa shape index (κ3) is 1.91. The molecule has 1 aromatic rings. The van der Waals surface area contributed by atoms with E-state index in [0.717, 1.165) is 29.9 Å². The topological polar surface area (TPSA) is 33.4 Å². The second-order valence-electron chi connectivity index (χ2n) is 5.94. The van der Waals surface area contributed by atoms with E-state index in [4.69, 9.17) is 4.42 Å². The Morgan fingerprint density at radius 3 is 2.69 bits per heavy atom. The number of fused-ring (bicyclic) bond motifs is 1. The summed E-state index contributed by atoms with van der Waals surface area (Å²) < 4.78 is 5.51. The van der Waals surface area contributed by atoms with Crippen molar-refractivity contribution in [2.45, 2.75) is 51.4 Å². The molecule has 0 spiro atoms. The molecule has 1 unspecified atom stereocenters. The van der Waals surface area contributed by atoms with Gasteiger partial charge in [0, 0.05) is 12.0 Å². The first kappa shape index (κ1) is 12.1. The molecular formula is C13H20O2S. The van der Waals surface area contributed by atoms with Crippen molar-refractivity contribution in [3.63, 3.8) is 0 Å². The zero-order chi connectivity index (χ0) is 12.1. The summed E-state index contributed by atoms with van der Waals surface area (Å²) in [6, 6.07) is 1.97. The molecule has 16 heavy (non-hydrogen) atoms. The Labute approximate surface area is 102 Å². The van der Waals surface area contributed by atoms with Crippen molar-refractivity contribution in [1.29, 1.82) is 0 Å². The highest BCUT2D eigenvalue weighted by atomic mass is 32.1. The molecule has 0 saturated carbocycles. The third-order valence-corrected chi connectivity index (χ3v) is 3.70. The van der Waals surface area contributed by atoms with Crippen LogP contribution >= 0.6 is 12.6 Å². The second kappa shape index (κ2) is 3.54. The summed E-state index contributed by atoms with van der Waals surface area (Å²) in [4.78, 5) is 0. The van der Waals surface area contributed by atoms with Crippen molar-refractivity contribution in [2.75, 3.05) is 0 Å². The smallest absolute Gasteiger partial charge is 0.119 e. The maximum Gasteiger partial charge on any atom is 0.119 e. The molecule has 0 fully saturated rings. The Morgan fingerprint density at radius 1 is 1.50 bits per heavy atom. The second-order valence-corrected chi connectivity index (χ2v) is 7.06. The number of aryl methyl sites for hydroxylation is 1. The molecular weight excluding hydrogens is 220 g/mol. The van der Waals surface area contributed by atoms with Gasteiger partial charge in [0.15, 0.2) is 0 Å². The summed E-state index contributed by atoms with van der Waals surface area (Å²) in [5, 5.41) is 10.3. The van der Waals surface area contributed by atoms with E-state index in [0.29, 0.717) is 0 Å². The summed E-state index contributed by atoms with van der Waals surface area (Å²) in [6.45, 7) is 8.19. The molecule has 0 saturated heterocycles. The summed E-state index contributed by atoms with van der Waals surface area (Å²) in [7, 11) is 0. The molecule has 1 aliphatic rings. The number of furan rings is 1. The van der Waals surface area contributed by atoms with Gasteiger partial charge in [0.2, 0.25) is 0 Å². The zero-order valence-electron chi connectivity index (χ0n) is 10.4. The van der Waals surface area contributed by atoms with Gasteiger partial charge in [-0.15, -0.1) is 0 Å². The first-order valence-electron chi connectivity index (χ1n) is 5.75. The molecule has 1 N–H and O–H groups in total. The molecule has 1 aliphatic carbocycles. The molecule has 90 valence electrons. The highest BCUT2D eigenvalue weighted by molar-refractivity contribution is 7.81. The number of aliphatic hydroxyl groups excluding tert-OH is 1. The molecule has 1 heterocycles. The molecule has 2 rings (SSSR count). The summed E-state index contributed by atoms with van der Waals surface area (Å²) in [5.74, 6) is 1.78. The summed E-state index contributed by atoms with van der Waals surface area (Å²) in [6.07, 6.45) is 1.44. The van der Waals surface area contributed by atoms with Crippen LogP contribution < -0.4 is 0 Å². The maximum absolute atomic E-state index is 10.3. The van der Waals surface area contributed by atoms with Gasteiger partial charge in [0.05, 0.1) is 10.9 Å². The van der Waals surface area contributed by atoms with Crippen molar-refractivity contribution in [1.82, 2.24) is 0 Å². The SMILES string of the molecule is CC(C)(S)c1cc2c(o1)CCC(C)(C)C2O. The minimum atomic E-state index is -0.426. The molecule has 0 aromatic carbocycles. The lowest BCUT2D eigenvalue weighted by Crippen LogP contribution is -2.27. The van der Waals surface area contributed by atoms with Crippen LogP contribution in [0.1, 0.15) is 57.3 Å². The lowest BCUT2D eigenvalue weighted by atomic mass is 9.74. The van der Waals surface area contributed by atoms with Gasteiger partial charge < -0.3 is 9.52 Å². The molecule has 0 amide bonds. The lowest BCUT2D eigenvalue weighted by molar-refractivity contribution is 0.0307. The Balaban J connectivity index is 2.43. The van der Waals surface area contributed by atoms with Crippen LogP contribution in [-0.4, -0.2) is 5.11 Å². The molecule has 0 bridgehead atoms. The van der Waals surface area contributed by atoms with Gasteiger partial charge in [0.1, 0.15) is 11.5 Å². The van der Waals surface area contributed by atoms with Crippen molar-refractivity contribution < 1.29 is 9.52 Å². The Kier molecular flexibility index (Phi) is 2.67. The lowest BCUT2D eigenvalue weighted by Gasteiger charge is -2.34. The monoisotopic (exact) mass is 240 g/mol. The number of aliphatic hydroxyl groups is 1. The van der Waals surface area contributed by atoms with E-state index >= 15 is 0 Å². The molecule has 1 atom stereocenters. The van der Waals surface area contributed by atoms with Crippen LogP contribution in [0.4, 0.5) is 0 Å². The van der Waals surface area contributed by atoms with Crippen molar-refractivity contribution >= 4 is 12.6 Å². The largest absolute Gasteiger partial charge is 0.464 e. The van der Waals surface area contributed by atoms with Gasteiger partial charge in [-0.05, 0) is 31.7 Å². The third-order valence-electron chi connectivity index (χ3n) is 3.48. The fourth-order valence-corrected chi connectivity index (χ4v) is 2.27. The highest BCUT2D eigenvalue weighted by Crippen LogP contribution is 2.46. The van der Waals surface area contributed by atoms with Crippen molar-refractivity contribution in [3.8, 4) is 0 Å². The van der Waals surface area contributed by atoms with Crippen LogP contribution in [0.3, 0.4) is 0 Å². The van der Waals surface area contributed by atoms with Crippen LogP contribution in [0.25, 0.3) is 0 Å². The quantitative estimate of drug-likeness (QED) is 0.737. The van der Waals surface area contributed by atoms with E-state index in [2.05, 4.69) is 26.5 Å². The first-order chi connectivity index (χ1) is 7.22. The van der Waals surface area contributed by atoms with Gasteiger partial charge in [-0.25, -0.2) is 0 Å². The predicted octanol–water partition coefficient (Wildman–Crippen LogP) is 3.45. The average molecular weight is 240 g/mol. The molecule has 1 aromatic heterocycles. The number of rotatable bonds is 1. The number of hydrogen-bond donors (Lipinski definition) is 2.